The monoisotopic (exact) mass is 420 g/mol. The molecule has 2 aliphatic rings. The predicted octanol–water partition coefficient (Wildman–Crippen LogP) is 3.60. The minimum Gasteiger partial charge on any atom is -0.497 e. The van der Waals surface area contributed by atoms with Gasteiger partial charge in [-0.3, -0.25) is 9.69 Å². The molecule has 1 amide bonds. The molecule has 0 N–H and O–H groups in total. The lowest BCUT2D eigenvalue weighted by Crippen LogP contribution is -2.56. The second-order valence-corrected chi connectivity index (χ2v) is 8.33. The number of rotatable bonds is 6. The van der Waals surface area contributed by atoms with Crippen LogP contribution in [-0.2, 0) is 14.9 Å². The van der Waals surface area contributed by atoms with Crippen LogP contribution >= 0.6 is 0 Å². The number of hydrogen-bond acceptors (Lipinski definition) is 4. The number of carbonyl (C=O) groups is 1. The second-order valence-electron chi connectivity index (χ2n) is 8.33. The van der Waals surface area contributed by atoms with Crippen molar-refractivity contribution >= 4 is 12.0 Å². The Morgan fingerprint density at radius 2 is 1.68 bits per heavy atom. The Morgan fingerprint density at radius 3 is 2.32 bits per heavy atom. The number of ether oxygens (including phenoxy) is 2. The van der Waals surface area contributed by atoms with Crippen molar-refractivity contribution in [1.82, 2.24) is 9.80 Å². The van der Waals surface area contributed by atoms with Crippen molar-refractivity contribution in [3.8, 4) is 5.75 Å². The second kappa shape index (κ2) is 10.1. The van der Waals surface area contributed by atoms with Gasteiger partial charge in [-0.05, 0) is 36.1 Å². The summed E-state index contributed by atoms with van der Waals surface area (Å²) >= 11 is 0. The molecule has 5 heteroatoms. The summed E-state index contributed by atoms with van der Waals surface area (Å²) < 4.78 is 10.9. The molecule has 0 aliphatic carbocycles. The van der Waals surface area contributed by atoms with Gasteiger partial charge in [0.1, 0.15) is 5.75 Å². The average Bonchev–Trinajstić information content (AvgIpc) is 2.85. The molecule has 0 unspecified atom stereocenters. The van der Waals surface area contributed by atoms with Crippen LogP contribution in [0.15, 0.2) is 60.7 Å². The molecular weight excluding hydrogens is 388 g/mol. The number of hydrogen-bond donors (Lipinski definition) is 0. The highest BCUT2D eigenvalue weighted by Crippen LogP contribution is 2.37. The summed E-state index contributed by atoms with van der Waals surface area (Å²) in [5.41, 5.74) is 1.81. The Morgan fingerprint density at radius 1 is 1.00 bits per heavy atom. The summed E-state index contributed by atoms with van der Waals surface area (Å²) in [6.07, 6.45) is 5.85. The van der Waals surface area contributed by atoms with E-state index in [4.69, 9.17) is 9.47 Å². The third-order valence-electron chi connectivity index (χ3n) is 6.53. The number of amides is 1. The van der Waals surface area contributed by atoms with Crippen molar-refractivity contribution in [2.45, 2.75) is 18.3 Å². The summed E-state index contributed by atoms with van der Waals surface area (Å²) in [5.74, 6) is 1.07. The highest BCUT2D eigenvalue weighted by atomic mass is 16.5. The Bertz CT molecular complexity index is 865. The van der Waals surface area contributed by atoms with Gasteiger partial charge >= 0.3 is 0 Å². The fraction of sp³-hybridized carbons (Fsp3) is 0.423. The molecule has 2 aromatic carbocycles. The number of methoxy groups -OCH3 is 1. The van der Waals surface area contributed by atoms with E-state index in [1.54, 1.807) is 7.11 Å². The molecule has 0 spiro atoms. The molecule has 31 heavy (non-hydrogen) atoms. The summed E-state index contributed by atoms with van der Waals surface area (Å²) in [7, 11) is 1.67. The van der Waals surface area contributed by atoms with Crippen LogP contribution in [0.1, 0.15) is 24.0 Å². The van der Waals surface area contributed by atoms with Gasteiger partial charge in [-0.2, -0.15) is 0 Å². The van der Waals surface area contributed by atoms with Crippen LogP contribution in [0, 0.1) is 0 Å². The van der Waals surface area contributed by atoms with E-state index in [-0.39, 0.29) is 5.91 Å². The fourth-order valence-corrected chi connectivity index (χ4v) is 4.59. The van der Waals surface area contributed by atoms with Gasteiger partial charge in [0.2, 0.25) is 5.91 Å². The molecule has 2 aromatic rings. The molecule has 5 nitrogen and oxygen atoms in total. The van der Waals surface area contributed by atoms with Crippen LogP contribution in [0.4, 0.5) is 0 Å². The van der Waals surface area contributed by atoms with Gasteiger partial charge < -0.3 is 14.4 Å². The van der Waals surface area contributed by atoms with Crippen LogP contribution in [0.3, 0.4) is 0 Å². The van der Waals surface area contributed by atoms with Gasteiger partial charge in [0.15, 0.2) is 0 Å². The maximum absolute atomic E-state index is 13.7. The Labute approximate surface area is 185 Å². The number of nitrogens with zero attached hydrogens (tertiary/aromatic N) is 2. The topological polar surface area (TPSA) is 42.0 Å². The highest BCUT2D eigenvalue weighted by Gasteiger charge is 2.44. The molecular formula is C26H32N2O3. The van der Waals surface area contributed by atoms with Gasteiger partial charge in [-0.1, -0.05) is 54.6 Å². The molecule has 0 radical (unpaired) electrons. The Balaban J connectivity index is 1.39. The van der Waals surface area contributed by atoms with Crippen molar-refractivity contribution in [3.05, 3.63) is 71.8 Å². The van der Waals surface area contributed by atoms with E-state index in [1.807, 2.05) is 30.3 Å². The largest absolute Gasteiger partial charge is 0.497 e. The summed E-state index contributed by atoms with van der Waals surface area (Å²) in [5, 5.41) is 0. The first-order valence-corrected chi connectivity index (χ1v) is 11.2. The number of carbonyl (C=O) groups excluding carboxylic acids is 1. The molecule has 0 saturated carbocycles. The van der Waals surface area contributed by atoms with Crippen molar-refractivity contribution in [2.75, 3.05) is 53.0 Å². The maximum Gasteiger partial charge on any atom is 0.233 e. The molecule has 2 heterocycles. The van der Waals surface area contributed by atoms with Crippen LogP contribution in [-0.4, -0.2) is 68.8 Å². The predicted molar refractivity (Wildman–Crippen MR) is 123 cm³/mol. The fourth-order valence-electron chi connectivity index (χ4n) is 4.59. The smallest absolute Gasteiger partial charge is 0.233 e. The van der Waals surface area contributed by atoms with Crippen LogP contribution in [0.2, 0.25) is 0 Å². The van der Waals surface area contributed by atoms with E-state index in [0.29, 0.717) is 13.2 Å². The first-order valence-electron chi connectivity index (χ1n) is 11.2. The zero-order valence-corrected chi connectivity index (χ0v) is 18.3. The van der Waals surface area contributed by atoms with E-state index in [2.05, 4.69) is 46.2 Å². The van der Waals surface area contributed by atoms with E-state index in [0.717, 1.165) is 56.9 Å². The van der Waals surface area contributed by atoms with E-state index < -0.39 is 5.41 Å². The Hall–Kier alpha value is -2.63. The molecule has 0 bridgehead atoms. The van der Waals surface area contributed by atoms with Crippen LogP contribution < -0.4 is 4.74 Å². The third-order valence-corrected chi connectivity index (χ3v) is 6.53. The first kappa shape index (κ1) is 21.6. The van der Waals surface area contributed by atoms with Crippen molar-refractivity contribution < 1.29 is 14.3 Å². The zero-order valence-electron chi connectivity index (χ0n) is 18.3. The van der Waals surface area contributed by atoms with Gasteiger partial charge in [0, 0.05) is 45.9 Å². The molecule has 164 valence electrons. The average molecular weight is 421 g/mol. The summed E-state index contributed by atoms with van der Waals surface area (Å²) in [6.45, 7) is 5.52. The van der Waals surface area contributed by atoms with Gasteiger partial charge in [0.25, 0.3) is 0 Å². The minimum atomic E-state index is -0.486. The minimum absolute atomic E-state index is 0.250. The molecule has 2 aliphatic heterocycles. The van der Waals surface area contributed by atoms with Crippen molar-refractivity contribution in [2.24, 2.45) is 0 Å². The summed E-state index contributed by atoms with van der Waals surface area (Å²) in [4.78, 5) is 18.2. The van der Waals surface area contributed by atoms with Gasteiger partial charge in [0.05, 0.1) is 12.5 Å². The standard InChI is InChI=1S/C26H32N2O3/c1-30-24-11-9-23(10-12-24)26(13-20-31-21-14-26)25(29)28-18-16-27(17-19-28)15-5-8-22-6-3-2-4-7-22/h2-12H,13-21H2,1H3/b8-5+. The maximum atomic E-state index is 13.7. The first-order chi connectivity index (χ1) is 15.2. The number of piperazine rings is 1. The quantitative estimate of drug-likeness (QED) is 0.716. The lowest BCUT2D eigenvalue weighted by molar-refractivity contribution is -0.143. The van der Waals surface area contributed by atoms with Crippen LogP contribution in [0.25, 0.3) is 6.08 Å². The normalized spacial score (nSPS) is 19.5. The molecule has 2 fully saturated rings. The SMILES string of the molecule is COc1ccc(C2(C(=O)N3CCN(C/C=C/c4ccccc4)CC3)CCOCC2)cc1. The van der Waals surface area contributed by atoms with E-state index in [9.17, 15) is 4.79 Å². The highest BCUT2D eigenvalue weighted by molar-refractivity contribution is 5.88. The zero-order chi connectivity index (χ0) is 21.5. The number of benzene rings is 2. The van der Waals surface area contributed by atoms with Gasteiger partial charge in [-0.15, -0.1) is 0 Å². The lowest BCUT2D eigenvalue weighted by Gasteiger charge is -2.43. The van der Waals surface area contributed by atoms with Crippen molar-refractivity contribution in [1.29, 1.82) is 0 Å². The third kappa shape index (κ3) is 5.00. The molecule has 0 atom stereocenters. The molecule has 2 saturated heterocycles. The van der Waals surface area contributed by atoms with Gasteiger partial charge in [-0.25, -0.2) is 0 Å². The summed E-state index contributed by atoms with van der Waals surface area (Å²) in [6, 6.07) is 18.4. The van der Waals surface area contributed by atoms with E-state index in [1.165, 1.54) is 5.56 Å². The molecule has 4 rings (SSSR count). The lowest BCUT2D eigenvalue weighted by atomic mass is 9.73. The van der Waals surface area contributed by atoms with Crippen molar-refractivity contribution in [3.63, 3.8) is 0 Å². The van der Waals surface area contributed by atoms with E-state index >= 15 is 0 Å². The van der Waals surface area contributed by atoms with Crippen LogP contribution in [0.5, 0.6) is 5.75 Å². The Kier molecular flexibility index (Phi) is 7.05. The molecule has 0 aromatic heterocycles.